The SMILES string of the molecule is COCCN(CC(=O)O)C(=O)Cc1c(C)nn(C)c1C. The number of amides is 1. The van der Waals surface area contributed by atoms with Gasteiger partial charge in [-0.2, -0.15) is 5.10 Å². The fourth-order valence-corrected chi connectivity index (χ4v) is 1.99. The first-order valence-electron chi connectivity index (χ1n) is 6.34. The van der Waals surface area contributed by atoms with E-state index in [4.69, 9.17) is 9.84 Å². The Bertz CT molecular complexity index is 496. The van der Waals surface area contributed by atoms with Crippen LogP contribution in [0.5, 0.6) is 0 Å². The minimum atomic E-state index is -1.03. The van der Waals surface area contributed by atoms with Crippen LogP contribution in [0.2, 0.25) is 0 Å². The van der Waals surface area contributed by atoms with Crippen molar-refractivity contribution < 1.29 is 19.4 Å². The maximum atomic E-state index is 12.2. The molecule has 7 heteroatoms. The Morgan fingerprint density at radius 3 is 2.50 bits per heavy atom. The Kier molecular flexibility index (Phi) is 5.69. The van der Waals surface area contributed by atoms with Gasteiger partial charge >= 0.3 is 5.97 Å². The highest BCUT2D eigenvalue weighted by Gasteiger charge is 2.20. The topological polar surface area (TPSA) is 84.7 Å². The third-order valence-electron chi connectivity index (χ3n) is 3.23. The summed E-state index contributed by atoms with van der Waals surface area (Å²) in [6, 6.07) is 0. The average molecular weight is 283 g/mol. The first kappa shape index (κ1) is 16.2. The fraction of sp³-hybridized carbons (Fsp3) is 0.615. The Hall–Kier alpha value is -1.89. The van der Waals surface area contributed by atoms with Gasteiger partial charge in [0.15, 0.2) is 0 Å². The van der Waals surface area contributed by atoms with Crippen LogP contribution in [0.4, 0.5) is 0 Å². The predicted molar refractivity (Wildman–Crippen MR) is 72.5 cm³/mol. The van der Waals surface area contributed by atoms with E-state index in [-0.39, 0.29) is 25.4 Å². The number of ether oxygens (including phenoxy) is 1. The molecule has 112 valence electrons. The smallest absolute Gasteiger partial charge is 0.323 e. The Morgan fingerprint density at radius 2 is 2.05 bits per heavy atom. The number of carbonyl (C=O) groups excluding carboxylic acids is 1. The lowest BCUT2D eigenvalue weighted by atomic mass is 10.1. The maximum Gasteiger partial charge on any atom is 0.323 e. The van der Waals surface area contributed by atoms with Crippen LogP contribution in [0.25, 0.3) is 0 Å². The third-order valence-corrected chi connectivity index (χ3v) is 3.23. The summed E-state index contributed by atoms with van der Waals surface area (Å²) in [4.78, 5) is 24.3. The number of aromatic nitrogens is 2. The molecule has 0 aliphatic rings. The molecule has 1 N–H and O–H groups in total. The van der Waals surface area contributed by atoms with Crippen LogP contribution in [0.3, 0.4) is 0 Å². The summed E-state index contributed by atoms with van der Waals surface area (Å²) in [7, 11) is 3.33. The molecule has 0 atom stereocenters. The molecule has 1 heterocycles. The molecule has 7 nitrogen and oxygen atoms in total. The molecule has 0 unspecified atom stereocenters. The van der Waals surface area contributed by atoms with Gasteiger partial charge in [-0.15, -0.1) is 0 Å². The minimum Gasteiger partial charge on any atom is -0.480 e. The van der Waals surface area contributed by atoms with E-state index in [1.807, 2.05) is 20.9 Å². The van der Waals surface area contributed by atoms with E-state index in [0.29, 0.717) is 6.61 Å². The van der Waals surface area contributed by atoms with Crippen LogP contribution < -0.4 is 0 Å². The van der Waals surface area contributed by atoms with Crippen molar-refractivity contribution in [3.05, 3.63) is 17.0 Å². The number of hydrogen-bond acceptors (Lipinski definition) is 4. The second kappa shape index (κ2) is 7.04. The summed E-state index contributed by atoms with van der Waals surface area (Å²) < 4.78 is 6.62. The van der Waals surface area contributed by atoms with Crippen molar-refractivity contribution in [1.29, 1.82) is 0 Å². The summed E-state index contributed by atoms with van der Waals surface area (Å²) in [5.41, 5.74) is 2.56. The largest absolute Gasteiger partial charge is 0.480 e. The Morgan fingerprint density at radius 1 is 1.40 bits per heavy atom. The zero-order valence-corrected chi connectivity index (χ0v) is 12.3. The van der Waals surface area contributed by atoms with Crippen LogP contribution >= 0.6 is 0 Å². The Balaban J connectivity index is 2.81. The van der Waals surface area contributed by atoms with E-state index in [9.17, 15) is 9.59 Å². The normalized spacial score (nSPS) is 10.6. The summed E-state index contributed by atoms with van der Waals surface area (Å²) in [5.74, 6) is -1.27. The van der Waals surface area contributed by atoms with E-state index >= 15 is 0 Å². The van der Waals surface area contributed by atoms with Crippen molar-refractivity contribution >= 4 is 11.9 Å². The van der Waals surface area contributed by atoms with Crippen molar-refractivity contribution in [3.8, 4) is 0 Å². The molecule has 0 aliphatic carbocycles. The number of aryl methyl sites for hydroxylation is 2. The molecule has 0 aliphatic heterocycles. The van der Waals surface area contributed by atoms with Crippen molar-refractivity contribution in [3.63, 3.8) is 0 Å². The number of nitrogens with zero attached hydrogens (tertiary/aromatic N) is 3. The molecule has 1 aromatic rings. The molecule has 0 saturated carbocycles. The molecule has 1 amide bonds. The van der Waals surface area contributed by atoms with E-state index in [0.717, 1.165) is 17.0 Å². The van der Waals surface area contributed by atoms with Gasteiger partial charge in [-0.25, -0.2) is 0 Å². The molecular weight excluding hydrogens is 262 g/mol. The van der Waals surface area contributed by atoms with Gasteiger partial charge < -0.3 is 14.7 Å². The first-order chi connectivity index (χ1) is 9.36. The van der Waals surface area contributed by atoms with E-state index in [1.165, 1.54) is 12.0 Å². The quantitative estimate of drug-likeness (QED) is 0.769. The lowest BCUT2D eigenvalue weighted by molar-refractivity contribution is -0.144. The van der Waals surface area contributed by atoms with Crippen LogP contribution in [0, 0.1) is 13.8 Å². The van der Waals surface area contributed by atoms with Gasteiger partial charge in [0.25, 0.3) is 0 Å². The van der Waals surface area contributed by atoms with Gasteiger partial charge in [-0.3, -0.25) is 14.3 Å². The highest BCUT2D eigenvalue weighted by molar-refractivity contribution is 5.83. The summed E-state index contributed by atoms with van der Waals surface area (Å²) >= 11 is 0. The second-order valence-corrected chi connectivity index (χ2v) is 4.65. The first-order valence-corrected chi connectivity index (χ1v) is 6.34. The van der Waals surface area contributed by atoms with Gasteiger partial charge in [0.1, 0.15) is 6.54 Å². The molecule has 0 fully saturated rings. The fourth-order valence-electron chi connectivity index (χ4n) is 1.99. The number of carboxylic acid groups (broad SMARTS) is 1. The number of carboxylic acids is 1. The predicted octanol–water partition coefficient (Wildman–Crippen LogP) is 0.139. The van der Waals surface area contributed by atoms with Gasteiger partial charge in [-0.05, 0) is 13.8 Å². The van der Waals surface area contributed by atoms with Gasteiger partial charge in [-0.1, -0.05) is 0 Å². The molecular formula is C13H21N3O4. The Labute approximate surface area is 118 Å². The van der Waals surface area contributed by atoms with Crippen molar-refractivity contribution in [2.45, 2.75) is 20.3 Å². The molecule has 1 rings (SSSR count). The van der Waals surface area contributed by atoms with Crippen LogP contribution in [-0.4, -0.2) is 58.5 Å². The molecule has 20 heavy (non-hydrogen) atoms. The minimum absolute atomic E-state index is 0.155. The van der Waals surface area contributed by atoms with E-state index < -0.39 is 5.97 Å². The standard InChI is InChI=1S/C13H21N3O4/c1-9-11(10(2)15(3)14-9)7-12(17)16(5-6-20-4)8-13(18)19/h5-8H2,1-4H3,(H,18,19). The molecule has 0 saturated heterocycles. The van der Waals surface area contributed by atoms with Crippen LogP contribution in [0.1, 0.15) is 17.0 Å². The average Bonchev–Trinajstić information content (AvgIpc) is 2.60. The second-order valence-electron chi connectivity index (χ2n) is 4.65. The van der Waals surface area contributed by atoms with E-state index in [1.54, 1.807) is 4.68 Å². The highest BCUT2D eigenvalue weighted by Crippen LogP contribution is 2.13. The van der Waals surface area contributed by atoms with Gasteiger partial charge in [0.2, 0.25) is 5.91 Å². The monoisotopic (exact) mass is 283 g/mol. The highest BCUT2D eigenvalue weighted by atomic mass is 16.5. The van der Waals surface area contributed by atoms with Crippen molar-refractivity contribution in [1.82, 2.24) is 14.7 Å². The van der Waals surface area contributed by atoms with Crippen LogP contribution in [-0.2, 0) is 27.8 Å². The molecule has 0 bridgehead atoms. The lowest BCUT2D eigenvalue weighted by Gasteiger charge is -2.20. The van der Waals surface area contributed by atoms with Gasteiger partial charge in [0, 0.05) is 32.0 Å². The zero-order chi connectivity index (χ0) is 15.3. The molecule has 0 spiro atoms. The lowest BCUT2D eigenvalue weighted by Crippen LogP contribution is -2.39. The summed E-state index contributed by atoms with van der Waals surface area (Å²) in [5, 5.41) is 13.1. The summed E-state index contributed by atoms with van der Waals surface area (Å²) in [6.45, 7) is 3.98. The summed E-state index contributed by atoms with van der Waals surface area (Å²) in [6.07, 6.45) is 0.155. The van der Waals surface area contributed by atoms with E-state index in [2.05, 4.69) is 5.10 Å². The molecule has 0 radical (unpaired) electrons. The molecule has 1 aromatic heterocycles. The molecule has 0 aromatic carbocycles. The van der Waals surface area contributed by atoms with Crippen molar-refractivity contribution in [2.75, 3.05) is 26.8 Å². The number of hydrogen-bond donors (Lipinski definition) is 1. The van der Waals surface area contributed by atoms with Crippen molar-refractivity contribution in [2.24, 2.45) is 7.05 Å². The number of carbonyl (C=O) groups is 2. The van der Waals surface area contributed by atoms with Gasteiger partial charge in [0.05, 0.1) is 18.7 Å². The maximum absolute atomic E-state index is 12.2. The zero-order valence-electron chi connectivity index (χ0n) is 12.3. The van der Waals surface area contributed by atoms with Crippen LogP contribution in [0.15, 0.2) is 0 Å². The third kappa shape index (κ3) is 4.06. The number of methoxy groups -OCH3 is 1. The number of aliphatic carboxylic acids is 1. The number of rotatable bonds is 7.